The Labute approximate surface area is 157 Å². The summed E-state index contributed by atoms with van der Waals surface area (Å²) in [5, 5.41) is 7.85. The highest BCUT2D eigenvalue weighted by Crippen LogP contribution is 2.44. The van der Waals surface area contributed by atoms with Crippen molar-refractivity contribution in [3.8, 4) is 5.75 Å². The first-order chi connectivity index (χ1) is 12.6. The van der Waals surface area contributed by atoms with Crippen molar-refractivity contribution in [2.24, 2.45) is 0 Å². The number of fused-ring (bicyclic) bond motifs is 1. The molecule has 1 fully saturated rings. The van der Waals surface area contributed by atoms with E-state index in [0.717, 1.165) is 30.6 Å². The van der Waals surface area contributed by atoms with Gasteiger partial charge in [0, 0.05) is 31.0 Å². The van der Waals surface area contributed by atoms with Crippen molar-refractivity contribution in [1.29, 1.82) is 0 Å². The van der Waals surface area contributed by atoms with Crippen LogP contribution in [-0.4, -0.2) is 34.5 Å². The van der Waals surface area contributed by atoms with E-state index >= 15 is 0 Å². The second kappa shape index (κ2) is 6.93. The Kier molecular flexibility index (Phi) is 4.63. The van der Waals surface area contributed by atoms with E-state index in [9.17, 15) is 4.79 Å². The molecule has 1 aromatic carbocycles. The smallest absolute Gasteiger partial charge is 0.245 e. The van der Waals surface area contributed by atoms with Gasteiger partial charge in [0.05, 0.1) is 30.5 Å². The zero-order valence-electron chi connectivity index (χ0n) is 14.7. The molecule has 1 N–H and O–H groups in total. The fourth-order valence-corrected chi connectivity index (χ4v) is 3.88. The number of nitrogens with one attached hydrogen (secondary N) is 1. The van der Waals surface area contributed by atoms with E-state index in [1.165, 1.54) is 6.20 Å². The molecule has 0 radical (unpaired) electrons. The first-order valence-corrected chi connectivity index (χ1v) is 9.30. The summed E-state index contributed by atoms with van der Waals surface area (Å²) in [6.45, 7) is 3.18. The van der Waals surface area contributed by atoms with Gasteiger partial charge in [-0.1, -0.05) is 29.8 Å². The zero-order chi connectivity index (χ0) is 18.1. The molecule has 0 aliphatic carbocycles. The molecule has 7 heteroatoms. The number of nitrogens with zero attached hydrogens (tertiary/aromatic N) is 2. The standard InChI is InChI=1S/C19H22ClN3O3/c1-13(23-12-14(20)11-21-23)18(24)22-16-10-19(6-8-25-9-7-19)26-17-5-3-2-4-15(16)17/h2-5,11-13,16H,6-10H2,1H3,(H,22,24). The summed E-state index contributed by atoms with van der Waals surface area (Å²) in [4.78, 5) is 12.8. The Hall–Kier alpha value is -2.05. The monoisotopic (exact) mass is 375 g/mol. The molecule has 1 saturated heterocycles. The quantitative estimate of drug-likeness (QED) is 0.894. The molecule has 6 nitrogen and oxygen atoms in total. The molecule has 3 heterocycles. The number of rotatable bonds is 3. The summed E-state index contributed by atoms with van der Waals surface area (Å²) in [6.07, 6.45) is 5.59. The average molecular weight is 376 g/mol. The predicted octanol–water partition coefficient (Wildman–Crippen LogP) is 3.29. The number of halogens is 1. The molecule has 2 atom stereocenters. The van der Waals surface area contributed by atoms with Crippen LogP contribution >= 0.6 is 11.6 Å². The number of amides is 1. The number of ether oxygens (including phenoxy) is 2. The van der Waals surface area contributed by atoms with Gasteiger partial charge in [0.15, 0.2) is 0 Å². The number of hydrogen-bond donors (Lipinski definition) is 1. The SMILES string of the molecule is CC(C(=O)NC1CC2(CCOCC2)Oc2ccccc21)n1cc(Cl)cn1. The van der Waals surface area contributed by atoms with Crippen molar-refractivity contribution in [3.05, 3.63) is 47.2 Å². The van der Waals surface area contributed by atoms with Crippen LogP contribution in [0.2, 0.25) is 5.02 Å². The van der Waals surface area contributed by atoms with Crippen molar-refractivity contribution in [2.75, 3.05) is 13.2 Å². The Morgan fingerprint density at radius 3 is 2.88 bits per heavy atom. The van der Waals surface area contributed by atoms with E-state index in [2.05, 4.69) is 10.4 Å². The highest BCUT2D eigenvalue weighted by molar-refractivity contribution is 6.30. The molecule has 0 saturated carbocycles. The van der Waals surface area contributed by atoms with Crippen molar-refractivity contribution in [3.63, 3.8) is 0 Å². The minimum atomic E-state index is -0.442. The van der Waals surface area contributed by atoms with E-state index < -0.39 is 6.04 Å². The first-order valence-electron chi connectivity index (χ1n) is 8.92. The highest BCUT2D eigenvalue weighted by atomic mass is 35.5. The maximum atomic E-state index is 12.8. The van der Waals surface area contributed by atoms with Gasteiger partial charge in [0.1, 0.15) is 17.4 Å². The van der Waals surface area contributed by atoms with Gasteiger partial charge in [-0.15, -0.1) is 0 Å². The van der Waals surface area contributed by atoms with Crippen LogP contribution in [0.3, 0.4) is 0 Å². The molecule has 0 bridgehead atoms. The van der Waals surface area contributed by atoms with E-state index in [0.29, 0.717) is 18.2 Å². The lowest BCUT2D eigenvalue weighted by Gasteiger charge is -2.44. The molecule has 1 spiro atoms. The van der Waals surface area contributed by atoms with E-state index in [-0.39, 0.29) is 17.6 Å². The number of para-hydroxylation sites is 1. The summed E-state index contributed by atoms with van der Waals surface area (Å²) < 4.78 is 13.4. The second-order valence-electron chi connectivity index (χ2n) is 7.02. The van der Waals surface area contributed by atoms with E-state index in [4.69, 9.17) is 21.1 Å². The molecule has 2 aliphatic heterocycles. The number of carbonyl (C=O) groups excluding carboxylic acids is 1. The largest absolute Gasteiger partial charge is 0.487 e. The lowest BCUT2D eigenvalue weighted by atomic mass is 9.82. The Bertz CT molecular complexity index is 801. The molecule has 1 aromatic heterocycles. The Morgan fingerprint density at radius 2 is 2.15 bits per heavy atom. The third-order valence-electron chi connectivity index (χ3n) is 5.26. The lowest BCUT2D eigenvalue weighted by Crippen LogP contribution is -2.49. The molecule has 2 unspecified atom stereocenters. The van der Waals surface area contributed by atoms with Crippen LogP contribution < -0.4 is 10.1 Å². The molecule has 2 aliphatic rings. The third kappa shape index (κ3) is 3.31. The number of carbonyl (C=O) groups is 1. The zero-order valence-corrected chi connectivity index (χ0v) is 15.4. The van der Waals surface area contributed by atoms with Gasteiger partial charge in [0.2, 0.25) is 5.91 Å². The van der Waals surface area contributed by atoms with E-state index in [1.54, 1.807) is 10.9 Å². The topological polar surface area (TPSA) is 65.4 Å². The fraction of sp³-hybridized carbons (Fsp3) is 0.474. The summed E-state index contributed by atoms with van der Waals surface area (Å²) >= 11 is 5.92. The van der Waals surface area contributed by atoms with Crippen molar-refractivity contribution in [1.82, 2.24) is 15.1 Å². The highest BCUT2D eigenvalue weighted by Gasteiger charge is 2.42. The van der Waals surface area contributed by atoms with Crippen LogP contribution in [0.4, 0.5) is 0 Å². The van der Waals surface area contributed by atoms with Crippen molar-refractivity contribution in [2.45, 2.75) is 43.9 Å². The molecule has 26 heavy (non-hydrogen) atoms. The van der Waals surface area contributed by atoms with Crippen LogP contribution in [0.5, 0.6) is 5.75 Å². The van der Waals surface area contributed by atoms with Gasteiger partial charge in [0.25, 0.3) is 0 Å². The Balaban J connectivity index is 1.57. The lowest BCUT2D eigenvalue weighted by molar-refractivity contribution is -0.126. The molecule has 1 amide bonds. The summed E-state index contributed by atoms with van der Waals surface area (Å²) in [5.74, 6) is 0.759. The van der Waals surface area contributed by atoms with Crippen LogP contribution in [0, 0.1) is 0 Å². The van der Waals surface area contributed by atoms with Crippen LogP contribution in [0.1, 0.15) is 43.8 Å². The molecule has 2 aromatic rings. The van der Waals surface area contributed by atoms with E-state index in [1.807, 2.05) is 31.2 Å². The predicted molar refractivity (Wildman–Crippen MR) is 97.3 cm³/mol. The molecular formula is C19H22ClN3O3. The van der Waals surface area contributed by atoms with Gasteiger partial charge in [-0.25, -0.2) is 0 Å². The summed E-state index contributed by atoms with van der Waals surface area (Å²) in [5.41, 5.74) is 0.742. The first kappa shape index (κ1) is 17.4. The van der Waals surface area contributed by atoms with Gasteiger partial charge < -0.3 is 14.8 Å². The molecule has 138 valence electrons. The normalized spacial score (nSPS) is 22.3. The Morgan fingerprint density at radius 1 is 1.38 bits per heavy atom. The van der Waals surface area contributed by atoms with Gasteiger partial charge in [-0.3, -0.25) is 9.48 Å². The maximum absolute atomic E-state index is 12.8. The fourth-order valence-electron chi connectivity index (χ4n) is 3.74. The van der Waals surface area contributed by atoms with Crippen LogP contribution in [0.15, 0.2) is 36.7 Å². The second-order valence-corrected chi connectivity index (χ2v) is 7.45. The van der Waals surface area contributed by atoms with Crippen molar-refractivity contribution >= 4 is 17.5 Å². The molecular weight excluding hydrogens is 354 g/mol. The van der Waals surface area contributed by atoms with Crippen LogP contribution in [0.25, 0.3) is 0 Å². The minimum Gasteiger partial charge on any atom is -0.487 e. The van der Waals surface area contributed by atoms with Gasteiger partial charge in [-0.2, -0.15) is 5.10 Å². The van der Waals surface area contributed by atoms with Gasteiger partial charge >= 0.3 is 0 Å². The maximum Gasteiger partial charge on any atom is 0.245 e. The summed E-state index contributed by atoms with van der Waals surface area (Å²) in [6, 6.07) is 7.38. The number of aromatic nitrogens is 2. The minimum absolute atomic E-state index is 0.0892. The number of hydrogen-bond acceptors (Lipinski definition) is 4. The van der Waals surface area contributed by atoms with Gasteiger partial charge in [-0.05, 0) is 13.0 Å². The average Bonchev–Trinajstić information content (AvgIpc) is 3.08. The third-order valence-corrected chi connectivity index (χ3v) is 5.46. The molecule has 4 rings (SSSR count). The van der Waals surface area contributed by atoms with Crippen LogP contribution in [-0.2, 0) is 9.53 Å². The summed E-state index contributed by atoms with van der Waals surface area (Å²) in [7, 11) is 0. The number of benzene rings is 1. The van der Waals surface area contributed by atoms with Crippen molar-refractivity contribution < 1.29 is 14.3 Å².